The second-order valence-corrected chi connectivity index (χ2v) is 6.22. The molecule has 5 nitrogen and oxygen atoms in total. The van der Waals surface area contributed by atoms with Gasteiger partial charge in [0.05, 0.1) is 12.5 Å². The lowest BCUT2D eigenvalue weighted by Crippen LogP contribution is -2.26. The van der Waals surface area contributed by atoms with Crippen LogP contribution in [0.25, 0.3) is 0 Å². The van der Waals surface area contributed by atoms with Gasteiger partial charge in [-0.05, 0) is 43.0 Å². The lowest BCUT2D eigenvalue weighted by molar-refractivity contribution is -0.121. The highest BCUT2D eigenvalue weighted by Crippen LogP contribution is 2.49. The first-order valence-electron chi connectivity index (χ1n) is 7.91. The van der Waals surface area contributed by atoms with Crippen molar-refractivity contribution in [3.63, 3.8) is 0 Å². The van der Waals surface area contributed by atoms with Crippen LogP contribution in [0.5, 0.6) is 5.75 Å². The minimum absolute atomic E-state index is 0.0213. The molecule has 130 valence electrons. The lowest BCUT2D eigenvalue weighted by atomic mass is 9.95. The minimum atomic E-state index is -1.10. The van der Waals surface area contributed by atoms with E-state index in [2.05, 4.69) is 5.32 Å². The van der Waals surface area contributed by atoms with Gasteiger partial charge in [0, 0.05) is 11.8 Å². The molecule has 0 spiro atoms. The molecule has 0 radical (unpaired) electrons. The average molecular weight is 343 g/mol. The standard InChI is InChI=1S/C19H18FNO4/c1-25-16-10-13(6-7-14(16)17(22)23)21-18(24)19(8-9-19)11-12-4-2-3-5-15(12)20/h2-7,10H,8-9,11H2,1H3,(H,21,24)(H,22,23). The number of benzene rings is 2. The molecule has 0 atom stereocenters. The third-order valence-corrected chi connectivity index (χ3v) is 4.51. The van der Waals surface area contributed by atoms with Crippen LogP contribution >= 0.6 is 0 Å². The SMILES string of the molecule is COc1cc(NC(=O)C2(Cc3ccccc3F)CC2)ccc1C(=O)O. The summed E-state index contributed by atoms with van der Waals surface area (Å²) in [4.78, 5) is 23.8. The van der Waals surface area contributed by atoms with Gasteiger partial charge in [-0.25, -0.2) is 9.18 Å². The summed E-state index contributed by atoms with van der Waals surface area (Å²) in [6.45, 7) is 0. The van der Waals surface area contributed by atoms with Crippen LogP contribution in [0.2, 0.25) is 0 Å². The van der Waals surface area contributed by atoms with E-state index in [1.165, 1.54) is 31.4 Å². The van der Waals surface area contributed by atoms with E-state index in [-0.39, 0.29) is 23.0 Å². The van der Waals surface area contributed by atoms with Crippen molar-refractivity contribution >= 4 is 17.6 Å². The van der Waals surface area contributed by atoms with E-state index in [0.29, 0.717) is 30.5 Å². The third kappa shape index (κ3) is 3.47. The van der Waals surface area contributed by atoms with E-state index in [4.69, 9.17) is 9.84 Å². The molecule has 2 aromatic rings. The Morgan fingerprint density at radius 1 is 1.24 bits per heavy atom. The Labute approximate surface area is 144 Å². The lowest BCUT2D eigenvalue weighted by Gasteiger charge is -2.16. The molecular weight excluding hydrogens is 325 g/mol. The fourth-order valence-corrected chi connectivity index (χ4v) is 2.85. The number of carbonyl (C=O) groups excluding carboxylic acids is 1. The highest BCUT2D eigenvalue weighted by molar-refractivity contribution is 5.98. The molecule has 2 aromatic carbocycles. The van der Waals surface area contributed by atoms with Gasteiger partial charge in [0.25, 0.3) is 0 Å². The van der Waals surface area contributed by atoms with Gasteiger partial charge >= 0.3 is 5.97 Å². The fraction of sp³-hybridized carbons (Fsp3) is 0.263. The van der Waals surface area contributed by atoms with E-state index >= 15 is 0 Å². The Bertz CT molecular complexity index is 830. The van der Waals surface area contributed by atoms with Crippen molar-refractivity contribution in [2.45, 2.75) is 19.3 Å². The molecule has 0 saturated heterocycles. The predicted octanol–water partition coefficient (Wildman–Crippen LogP) is 3.49. The van der Waals surface area contributed by atoms with Crippen LogP contribution in [0.1, 0.15) is 28.8 Å². The van der Waals surface area contributed by atoms with Crippen LogP contribution in [0.4, 0.5) is 10.1 Å². The molecule has 1 aliphatic carbocycles. The van der Waals surface area contributed by atoms with Crippen LogP contribution < -0.4 is 10.1 Å². The molecule has 25 heavy (non-hydrogen) atoms. The fourth-order valence-electron chi connectivity index (χ4n) is 2.85. The number of ether oxygens (including phenoxy) is 1. The van der Waals surface area contributed by atoms with Gasteiger partial charge in [0.15, 0.2) is 0 Å². The third-order valence-electron chi connectivity index (χ3n) is 4.51. The molecule has 1 aliphatic rings. The van der Waals surface area contributed by atoms with Crippen molar-refractivity contribution in [2.75, 3.05) is 12.4 Å². The van der Waals surface area contributed by atoms with Crippen molar-refractivity contribution in [3.8, 4) is 5.75 Å². The maximum Gasteiger partial charge on any atom is 0.339 e. The van der Waals surface area contributed by atoms with E-state index in [9.17, 15) is 14.0 Å². The van der Waals surface area contributed by atoms with Crippen LogP contribution in [0.15, 0.2) is 42.5 Å². The Morgan fingerprint density at radius 3 is 2.56 bits per heavy atom. The quantitative estimate of drug-likeness (QED) is 0.842. The van der Waals surface area contributed by atoms with Gasteiger partial charge in [0.1, 0.15) is 17.1 Å². The molecule has 1 saturated carbocycles. The number of nitrogens with one attached hydrogen (secondary N) is 1. The first-order chi connectivity index (χ1) is 11.9. The van der Waals surface area contributed by atoms with Gasteiger partial charge in [-0.1, -0.05) is 18.2 Å². The topological polar surface area (TPSA) is 75.6 Å². The van der Waals surface area contributed by atoms with Gasteiger partial charge in [-0.2, -0.15) is 0 Å². The Morgan fingerprint density at radius 2 is 1.96 bits per heavy atom. The zero-order valence-corrected chi connectivity index (χ0v) is 13.7. The number of hydrogen-bond acceptors (Lipinski definition) is 3. The Hall–Kier alpha value is -2.89. The Kier molecular flexibility index (Phi) is 4.44. The van der Waals surface area contributed by atoms with Crippen LogP contribution in [0.3, 0.4) is 0 Å². The van der Waals surface area contributed by atoms with Crippen molar-refractivity contribution in [2.24, 2.45) is 5.41 Å². The van der Waals surface area contributed by atoms with Gasteiger partial charge in [0.2, 0.25) is 5.91 Å². The molecule has 0 aromatic heterocycles. The summed E-state index contributed by atoms with van der Waals surface area (Å²) in [5.41, 5.74) is 0.384. The molecule has 3 rings (SSSR count). The molecule has 0 bridgehead atoms. The predicted molar refractivity (Wildman–Crippen MR) is 90.4 cm³/mol. The highest BCUT2D eigenvalue weighted by atomic mass is 19.1. The number of carbonyl (C=O) groups is 2. The maximum atomic E-state index is 13.9. The average Bonchev–Trinajstić information content (AvgIpc) is 3.37. The summed E-state index contributed by atoms with van der Waals surface area (Å²) >= 11 is 0. The van der Waals surface area contributed by atoms with E-state index in [0.717, 1.165) is 0 Å². The number of anilines is 1. The number of carboxylic acids is 1. The zero-order valence-electron chi connectivity index (χ0n) is 13.7. The number of aromatic carboxylic acids is 1. The summed E-state index contributed by atoms with van der Waals surface area (Å²) in [7, 11) is 1.37. The Balaban J connectivity index is 1.76. The number of methoxy groups -OCH3 is 1. The van der Waals surface area contributed by atoms with Crippen molar-refractivity contribution in [1.82, 2.24) is 0 Å². The summed E-state index contributed by atoms with van der Waals surface area (Å²) in [6.07, 6.45) is 1.73. The van der Waals surface area contributed by atoms with Crippen LogP contribution in [-0.2, 0) is 11.2 Å². The molecule has 0 aliphatic heterocycles. The monoisotopic (exact) mass is 343 g/mol. The highest BCUT2D eigenvalue weighted by Gasteiger charge is 2.50. The number of amides is 1. The van der Waals surface area contributed by atoms with Crippen LogP contribution in [-0.4, -0.2) is 24.1 Å². The first kappa shape index (κ1) is 17.0. The molecule has 2 N–H and O–H groups in total. The van der Waals surface area contributed by atoms with Gasteiger partial charge in [-0.15, -0.1) is 0 Å². The largest absolute Gasteiger partial charge is 0.496 e. The normalized spacial score (nSPS) is 14.6. The molecular formula is C19H18FNO4. The second kappa shape index (κ2) is 6.55. The molecule has 6 heteroatoms. The summed E-state index contributed by atoms with van der Waals surface area (Å²) in [6, 6.07) is 10.8. The second-order valence-electron chi connectivity index (χ2n) is 6.22. The van der Waals surface area contributed by atoms with Crippen molar-refractivity contribution in [3.05, 3.63) is 59.4 Å². The number of carboxylic acid groups (broad SMARTS) is 1. The minimum Gasteiger partial charge on any atom is -0.496 e. The summed E-state index contributed by atoms with van der Waals surface area (Å²) in [5, 5.41) is 11.9. The van der Waals surface area contributed by atoms with Crippen molar-refractivity contribution in [1.29, 1.82) is 0 Å². The smallest absolute Gasteiger partial charge is 0.339 e. The van der Waals surface area contributed by atoms with E-state index < -0.39 is 11.4 Å². The maximum absolute atomic E-state index is 13.9. The molecule has 0 unspecified atom stereocenters. The number of hydrogen-bond donors (Lipinski definition) is 2. The van der Waals surface area contributed by atoms with E-state index in [1.54, 1.807) is 18.2 Å². The molecule has 1 fully saturated rings. The van der Waals surface area contributed by atoms with Gasteiger partial charge < -0.3 is 15.2 Å². The number of rotatable bonds is 6. The van der Waals surface area contributed by atoms with Gasteiger partial charge in [-0.3, -0.25) is 4.79 Å². The summed E-state index contributed by atoms with van der Waals surface area (Å²) < 4.78 is 18.9. The van der Waals surface area contributed by atoms with Crippen LogP contribution in [0, 0.1) is 11.2 Å². The van der Waals surface area contributed by atoms with Crippen molar-refractivity contribution < 1.29 is 23.8 Å². The molecule has 0 heterocycles. The number of halogens is 1. The molecule has 1 amide bonds. The summed E-state index contributed by atoms with van der Waals surface area (Å²) in [5.74, 6) is -1.44. The zero-order chi connectivity index (χ0) is 18.0. The van der Waals surface area contributed by atoms with E-state index in [1.807, 2.05) is 0 Å². The first-order valence-corrected chi connectivity index (χ1v) is 7.91.